The Bertz CT molecular complexity index is 372. The molecule has 0 fully saturated rings. The van der Waals surface area contributed by atoms with E-state index in [1.807, 2.05) is 0 Å². The van der Waals surface area contributed by atoms with Gasteiger partial charge in [0.05, 0.1) is 6.54 Å². The second-order valence-electron chi connectivity index (χ2n) is 2.31. The highest BCUT2D eigenvalue weighted by atomic mass is 19.1. The van der Waals surface area contributed by atoms with Crippen LogP contribution in [0.25, 0.3) is 0 Å². The summed E-state index contributed by atoms with van der Waals surface area (Å²) in [5.41, 5.74) is 0.169. The lowest BCUT2D eigenvalue weighted by molar-refractivity contribution is 0.375. The summed E-state index contributed by atoms with van der Waals surface area (Å²) in [6, 6.07) is 2.20. The zero-order valence-corrected chi connectivity index (χ0v) is 6.49. The minimum absolute atomic E-state index is 0.136. The minimum Gasteiger partial charge on any atom is -0.504 e. The van der Waals surface area contributed by atoms with Crippen molar-refractivity contribution in [2.24, 2.45) is 4.99 Å². The lowest BCUT2D eigenvalue weighted by Gasteiger charge is -2.02. The van der Waals surface area contributed by atoms with Gasteiger partial charge in [0.2, 0.25) is 6.08 Å². The molecule has 0 bridgehead atoms. The third kappa shape index (κ3) is 1.83. The van der Waals surface area contributed by atoms with Gasteiger partial charge in [-0.05, 0) is 6.07 Å². The standard InChI is InChI=1S/C8H6FNO3/c9-6-2-1-5(3-10-4-11)7(12)8(6)13/h1-2,12-13H,3H2. The van der Waals surface area contributed by atoms with Crippen LogP contribution in [0, 0.1) is 5.82 Å². The number of nitrogens with zero attached hydrogens (tertiary/aromatic N) is 1. The van der Waals surface area contributed by atoms with Crippen molar-refractivity contribution in [3.8, 4) is 11.5 Å². The fourth-order valence-electron chi connectivity index (χ4n) is 0.842. The van der Waals surface area contributed by atoms with Crippen molar-refractivity contribution in [3.05, 3.63) is 23.5 Å². The molecule has 5 heteroatoms. The summed E-state index contributed by atoms with van der Waals surface area (Å²) in [7, 11) is 0. The zero-order valence-electron chi connectivity index (χ0n) is 6.49. The van der Waals surface area contributed by atoms with Gasteiger partial charge in [0.1, 0.15) is 0 Å². The van der Waals surface area contributed by atoms with Crippen molar-refractivity contribution >= 4 is 6.08 Å². The molecule has 68 valence electrons. The first kappa shape index (κ1) is 9.22. The maximum atomic E-state index is 12.6. The fraction of sp³-hybridized carbons (Fsp3) is 0.125. The minimum atomic E-state index is -0.920. The molecule has 0 aliphatic rings. The first-order chi connectivity index (χ1) is 6.16. The number of rotatable bonds is 2. The second kappa shape index (κ2) is 3.69. The smallest absolute Gasteiger partial charge is 0.235 e. The van der Waals surface area contributed by atoms with Crippen molar-refractivity contribution in [1.29, 1.82) is 0 Å². The molecule has 2 N–H and O–H groups in total. The highest BCUT2D eigenvalue weighted by molar-refractivity contribution is 5.46. The number of isocyanates is 1. The Morgan fingerprint density at radius 2 is 2.08 bits per heavy atom. The van der Waals surface area contributed by atoms with Crippen molar-refractivity contribution in [2.45, 2.75) is 6.54 Å². The average molecular weight is 183 g/mol. The third-order valence-corrected chi connectivity index (χ3v) is 1.50. The van der Waals surface area contributed by atoms with Crippen LogP contribution in [0.4, 0.5) is 4.39 Å². The van der Waals surface area contributed by atoms with E-state index in [1.54, 1.807) is 0 Å². The van der Waals surface area contributed by atoms with E-state index in [9.17, 15) is 9.18 Å². The Morgan fingerprint density at radius 3 is 2.69 bits per heavy atom. The Morgan fingerprint density at radius 1 is 1.38 bits per heavy atom. The number of aromatic hydroxyl groups is 2. The fourth-order valence-corrected chi connectivity index (χ4v) is 0.842. The van der Waals surface area contributed by atoms with E-state index >= 15 is 0 Å². The number of halogens is 1. The van der Waals surface area contributed by atoms with Crippen LogP contribution in [0.5, 0.6) is 11.5 Å². The molecule has 0 aliphatic heterocycles. The van der Waals surface area contributed by atoms with Gasteiger partial charge in [0.25, 0.3) is 0 Å². The third-order valence-electron chi connectivity index (χ3n) is 1.50. The van der Waals surface area contributed by atoms with E-state index in [0.717, 1.165) is 6.07 Å². The molecular weight excluding hydrogens is 177 g/mol. The molecular formula is C8H6FNO3. The number of carbonyl (C=O) groups excluding carboxylic acids is 1. The van der Waals surface area contributed by atoms with Crippen LogP contribution >= 0.6 is 0 Å². The van der Waals surface area contributed by atoms with Crippen molar-refractivity contribution in [3.63, 3.8) is 0 Å². The van der Waals surface area contributed by atoms with Crippen LogP contribution in [0.3, 0.4) is 0 Å². The molecule has 1 rings (SSSR count). The second-order valence-corrected chi connectivity index (χ2v) is 2.31. The SMILES string of the molecule is O=C=NCc1ccc(F)c(O)c1O. The molecule has 4 nitrogen and oxygen atoms in total. The molecule has 0 radical (unpaired) electrons. The summed E-state index contributed by atoms with van der Waals surface area (Å²) in [6.45, 7) is -0.136. The van der Waals surface area contributed by atoms with E-state index < -0.39 is 17.3 Å². The Labute approximate surface area is 73.0 Å². The molecule has 0 atom stereocenters. The highest BCUT2D eigenvalue weighted by Crippen LogP contribution is 2.31. The van der Waals surface area contributed by atoms with E-state index in [2.05, 4.69) is 4.99 Å². The van der Waals surface area contributed by atoms with Crippen LogP contribution in [-0.4, -0.2) is 16.3 Å². The normalized spacial score (nSPS) is 9.31. The Hall–Kier alpha value is -1.87. The average Bonchev–Trinajstić information content (AvgIpc) is 2.13. The summed E-state index contributed by atoms with van der Waals surface area (Å²) >= 11 is 0. The molecule has 0 heterocycles. The molecule has 13 heavy (non-hydrogen) atoms. The lowest BCUT2D eigenvalue weighted by Crippen LogP contribution is -1.85. The summed E-state index contributed by atoms with van der Waals surface area (Å²) < 4.78 is 12.6. The number of phenols is 2. The van der Waals surface area contributed by atoms with Crippen LogP contribution < -0.4 is 0 Å². The van der Waals surface area contributed by atoms with E-state index in [1.165, 1.54) is 12.1 Å². The van der Waals surface area contributed by atoms with Gasteiger partial charge in [-0.1, -0.05) is 6.07 Å². The van der Waals surface area contributed by atoms with Gasteiger partial charge < -0.3 is 10.2 Å². The summed E-state index contributed by atoms with van der Waals surface area (Å²) in [6.07, 6.45) is 1.27. The van der Waals surface area contributed by atoms with Crippen LogP contribution in [0.2, 0.25) is 0 Å². The summed E-state index contributed by atoms with van der Waals surface area (Å²) in [5, 5.41) is 18.0. The molecule has 0 unspecified atom stereocenters. The van der Waals surface area contributed by atoms with Gasteiger partial charge in [-0.25, -0.2) is 14.2 Å². The van der Waals surface area contributed by atoms with Gasteiger partial charge in [0.15, 0.2) is 17.3 Å². The molecule has 0 saturated carbocycles. The number of aliphatic imine (C=N–C) groups is 1. The summed E-state index contributed by atoms with van der Waals surface area (Å²) in [4.78, 5) is 12.9. The number of hydrogen-bond donors (Lipinski definition) is 2. The lowest BCUT2D eigenvalue weighted by atomic mass is 10.2. The van der Waals surface area contributed by atoms with Gasteiger partial charge in [-0.2, -0.15) is 0 Å². The Kier molecular flexibility index (Phi) is 2.62. The highest BCUT2D eigenvalue weighted by Gasteiger charge is 2.10. The molecule has 0 saturated heterocycles. The van der Waals surface area contributed by atoms with Gasteiger partial charge in [0, 0.05) is 5.56 Å². The van der Waals surface area contributed by atoms with Crippen molar-refractivity contribution in [2.75, 3.05) is 0 Å². The maximum Gasteiger partial charge on any atom is 0.235 e. The van der Waals surface area contributed by atoms with Gasteiger partial charge in [-0.15, -0.1) is 0 Å². The largest absolute Gasteiger partial charge is 0.504 e. The number of hydrogen-bond acceptors (Lipinski definition) is 4. The Balaban J connectivity index is 3.10. The summed E-state index contributed by atoms with van der Waals surface area (Å²) in [5.74, 6) is -2.35. The van der Waals surface area contributed by atoms with E-state index in [-0.39, 0.29) is 12.1 Å². The molecule has 1 aromatic rings. The molecule has 0 spiro atoms. The molecule has 0 aromatic heterocycles. The predicted octanol–water partition coefficient (Wildman–Crippen LogP) is 1.07. The topological polar surface area (TPSA) is 69.9 Å². The zero-order chi connectivity index (χ0) is 9.84. The quantitative estimate of drug-likeness (QED) is 0.409. The van der Waals surface area contributed by atoms with Crippen LogP contribution in [0.1, 0.15) is 5.56 Å². The maximum absolute atomic E-state index is 12.6. The molecule has 0 aliphatic carbocycles. The molecule has 0 amide bonds. The monoisotopic (exact) mass is 183 g/mol. The van der Waals surface area contributed by atoms with Crippen molar-refractivity contribution in [1.82, 2.24) is 0 Å². The van der Waals surface area contributed by atoms with Crippen LogP contribution in [0.15, 0.2) is 17.1 Å². The number of benzene rings is 1. The van der Waals surface area contributed by atoms with E-state index in [0.29, 0.717) is 0 Å². The first-order valence-corrected chi connectivity index (χ1v) is 3.39. The van der Waals surface area contributed by atoms with Gasteiger partial charge in [-0.3, -0.25) is 0 Å². The van der Waals surface area contributed by atoms with Crippen molar-refractivity contribution < 1.29 is 19.4 Å². The first-order valence-electron chi connectivity index (χ1n) is 3.39. The van der Waals surface area contributed by atoms with E-state index in [4.69, 9.17) is 10.2 Å². The predicted molar refractivity (Wildman–Crippen MR) is 41.6 cm³/mol. The van der Waals surface area contributed by atoms with Gasteiger partial charge >= 0.3 is 0 Å². The molecule has 1 aromatic carbocycles. The van der Waals surface area contributed by atoms with Crippen LogP contribution in [-0.2, 0) is 11.3 Å². The number of phenolic OH excluding ortho intramolecular Hbond substituents is 2.